The van der Waals surface area contributed by atoms with Gasteiger partial charge in [-0.25, -0.2) is 0 Å². The van der Waals surface area contributed by atoms with E-state index >= 15 is 0 Å². The maximum Gasteiger partial charge on any atom is 0.416 e. The highest BCUT2D eigenvalue weighted by Gasteiger charge is 2.34. The van der Waals surface area contributed by atoms with Crippen LogP contribution in [-0.2, 0) is 17.5 Å². The Morgan fingerprint density at radius 2 is 1.93 bits per heavy atom. The molecule has 152 valence electrons. The average Bonchev–Trinajstić information content (AvgIpc) is 2.67. The number of nitrogens with zero attached hydrogens (tertiary/aromatic N) is 2. The molecule has 1 aromatic carbocycles. The summed E-state index contributed by atoms with van der Waals surface area (Å²) in [5.74, 6) is 0.511. The summed E-state index contributed by atoms with van der Waals surface area (Å²) in [7, 11) is 1.61. The first-order valence-corrected chi connectivity index (χ1v) is 9.43. The number of anilines is 1. The second kappa shape index (κ2) is 10.4. The summed E-state index contributed by atoms with van der Waals surface area (Å²) in [6.45, 7) is 5.19. The number of guanidine groups is 1. The highest BCUT2D eigenvalue weighted by atomic mass is 19.4. The van der Waals surface area contributed by atoms with Gasteiger partial charge in [-0.1, -0.05) is 25.8 Å². The van der Waals surface area contributed by atoms with Gasteiger partial charge in [-0.3, -0.25) is 4.99 Å². The lowest BCUT2D eigenvalue weighted by Gasteiger charge is -2.29. The Hall–Kier alpha value is -1.96. The van der Waals surface area contributed by atoms with Crippen LogP contribution in [0.5, 0.6) is 0 Å². The molecule has 0 unspecified atom stereocenters. The van der Waals surface area contributed by atoms with Crippen LogP contribution in [0.4, 0.5) is 18.9 Å². The number of morpholine rings is 1. The lowest BCUT2D eigenvalue weighted by molar-refractivity contribution is -0.138. The fourth-order valence-electron chi connectivity index (χ4n) is 2.98. The van der Waals surface area contributed by atoms with E-state index in [4.69, 9.17) is 4.74 Å². The predicted molar refractivity (Wildman–Crippen MR) is 102 cm³/mol. The number of alkyl halides is 3. The molecule has 1 fully saturated rings. The smallest absolute Gasteiger partial charge is 0.378 e. The summed E-state index contributed by atoms with van der Waals surface area (Å²) in [4.78, 5) is 6.00. The SMILES string of the molecule is CCCCCNC(=NC)NCc1ccc(N2CCOCC2)cc1C(F)(F)F. The van der Waals surface area contributed by atoms with Crippen LogP contribution in [0.15, 0.2) is 23.2 Å². The normalized spacial score (nSPS) is 15.7. The van der Waals surface area contributed by atoms with Gasteiger partial charge in [0.15, 0.2) is 5.96 Å². The standard InChI is InChI=1S/C19H29F3N4O/c1-3-4-5-8-24-18(23-2)25-14-15-6-7-16(13-17(15)19(20,21)22)26-9-11-27-12-10-26/h6-7,13H,3-5,8-12,14H2,1-2H3,(H2,23,24,25). The quantitative estimate of drug-likeness (QED) is 0.428. The van der Waals surface area contributed by atoms with Crippen LogP contribution in [0.2, 0.25) is 0 Å². The van der Waals surface area contributed by atoms with Crippen LogP contribution >= 0.6 is 0 Å². The van der Waals surface area contributed by atoms with Crippen molar-refractivity contribution < 1.29 is 17.9 Å². The van der Waals surface area contributed by atoms with Crippen LogP contribution in [0.3, 0.4) is 0 Å². The monoisotopic (exact) mass is 386 g/mol. The zero-order valence-corrected chi connectivity index (χ0v) is 16.0. The number of benzene rings is 1. The van der Waals surface area contributed by atoms with Crippen LogP contribution in [0.1, 0.15) is 37.3 Å². The Labute approximate surface area is 159 Å². The summed E-state index contributed by atoms with van der Waals surface area (Å²) in [5, 5.41) is 6.11. The second-order valence-corrected chi connectivity index (χ2v) is 6.50. The lowest BCUT2D eigenvalue weighted by atomic mass is 10.0. The minimum Gasteiger partial charge on any atom is -0.378 e. The van der Waals surface area contributed by atoms with Crippen LogP contribution in [0.25, 0.3) is 0 Å². The highest BCUT2D eigenvalue weighted by Crippen LogP contribution is 2.35. The molecule has 1 aliphatic rings. The van der Waals surface area contributed by atoms with Gasteiger partial charge in [0.1, 0.15) is 0 Å². The van der Waals surface area contributed by atoms with Crippen molar-refractivity contribution in [1.82, 2.24) is 10.6 Å². The molecule has 0 atom stereocenters. The molecule has 0 aliphatic carbocycles. The van der Waals surface area contributed by atoms with E-state index in [2.05, 4.69) is 22.5 Å². The lowest BCUT2D eigenvalue weighted by Crippen LogP contribution is -2.38. The molecular formula is C19H29F3N4O. The molecule has 2 N–H and O–H groups in total. The summed E-state index contributed by atoms with van der Waals surface area (Å²) in [5.41, 5.74) is 0.174. The zero-order valence-electron chi connectivity index (χ0n) is 16.0. The topological polar surface area (TPSA) is 48.9 Å². The van der Waals surface area contributed by atoms with E-state index in [-0.39, 0.29) is 12.1 Å². The Bertz CT molecular complexity index is 613. The molecule has 8 heteroatoms. The molecule has 1 saturated heterocycles. The van der Waals surface area contributed by atoms with Crippen molar-refractivity contribution in [2.24, 2.45) is 4.99 Å². The molecule has 0 saturated carbocycles. The van der Waals surface area contributed by atoms with Crippen molar-refractivity contribution in [2.45, 2.75) is 38.9 Å². The molecule has 27 heavy (non-hydrogen) atoms. The molecule has 5 nitrogen and oxygen atoms in total. The van der Waals surface area contributed by atoms with Gasteiger partial charge in [0.2, 0.25) is 0 Å². The van der Waals surface area contributed by atoms with Crippen LogP contribution < -0.4 is 15.5 Å². The van der Waals surface area contributed by atoms with E-state index in [9.17, 15) is 13.2 Å². The molecule has 0 radical (unpaired) electrons. The van der Waals surface area contributed by atoms with Crippen molar-refractivity contribution in [3.05, 3.63) is 29.3 Å². The van der Waals surface area contributed by atoms with Crippen molar-refractivity contribution >= 4 is 11.6 Å². The number of nitrogens with one attached hydrogen (secondary N) is 2. The fraction of sp³-hybridized carbons (Fsp3) is 0.632. The van der Waals surface area contributed by atoms with E-state index in [0.29, 0.717) is 38.0 Å². The Morgan fingerprint density at radius 1 is 1.19 bits per heavy atom. The van der Waals surface area contributed by atoms with Gasteiger partial charge in [-0.2, -0.15) is 13.2 Å². The molecular weight excluding hydrogens is 357 g/mol. The van der Waals surface area contributed by atoms with Crippen LogP contribution in [-0.4, -0.2) is 45.9 Å². The minimum atomic E-state index is -4.41. The maximum absolute atomic E-state index is 13.6. The van der Waals surface area contributed by atoms with Gasteiger partial charge in [0.25, 0.3) is 0 Å². The number of hydrogen-bond acceptors (Lipinski definition) is 3. The van der Waals surface area contributed by atoms with E-state index < -0.39 is 11.7 Å². The summed E-state index contributed by atoms with van der Waals surface area (Å²) in [6.07, 6.45) is -1.19. The molecule has 2 rings (SSSR count). The number of halogens is 3. The molecule has 0 aromatic heterocycles. The summed E-state index contributed by atoms with van der Waals surface area (Å²) < 4.78 is 46.0. The third kappa shape index (κ3) is 6.61. The molecule has 1 aliphatic heterocycles. The van der Waals surface area contributed by atoms with E-state index in [1.54, 1.807) is 19.2 Å². The Balaban J connectivity index is 2.06. The van der Waals surface area contributed by atoms with E-state index in [0.717, 1.165) is 25.8 Å². The highest BCUT2D eigenvalue weighted by molar-refractivity contribution is 5.79. The summed E-state index contributed by atoms with van der Waals surface area (Å²) >= 11 is 0. The maximum atomic E-state index is 13.6. The van der Waals surface area contributed by atoms with Gasteiger partial charge in [-0.05, 0) is 24.1 Å². The summed E-state index contributed by atoms with van der Waals surface area (Å²) in [6, 6.07) is 4.53. The van der Waals surface area contributed by atoms with Crippen molar-refractivity contribution in [3.63, 3.8) is 0 Å². The first kappa shape index (κ1) is 21.3. The Morgan fingerprint density at radius 3 is 2.56 bits per heavy atom. The van der Waals surface area contributed by atoms with Crippen molar-refractivity contribution in [3.8, 4) is 0 Å². The minimum absolute atomic E-state index is 0.0612. The van der Waals surface area contributed by atoms with E-state index in [1.165, 1.54) is 6.07 Å². The third-order valence-corrected chi connectivity index (χ3v) is 4.52. The largest absolute Gasteiger partial charge is 0.416 e. The number of hydrogen-bond donors (Lipinski definition) is 2. The van der Waals surface area contributed by atoms with Crippen LogP contribution in [0, 0.1) is 0 Å². The van der Waals surface area contributed by atoms with E-state index in [1.807, 2.05) is 4.90 Å². The van der Waals surface area contributed by atoms with Gasteiger partial charge >= 0.3 is 6.18 Å². The fourth-order valence-corrected chi connectivity index (χ4v) is 2.98. The number of rotatable bonds is 7. The molecule has 1 heterocycles. The predicted octanol–water partition coefficient (Wildman–Crippen LogP) is 3.40. The van der Waals surface area contributed by atoms with Gasteiger partial charge in [0.05, 0.1) is 18.8 Å². The molecule has 0 bridgehead atoms. The number of aliphatic imine (C=N–C) groups is 1. The first-order chi connectivity index (χ1) is 13.0. The number of ether oxygens (including phenoxy) is 1. The molecule has 0 spiro atoms. The van der Waals surface area contributed by atoms with Gasteiger partial charge < -0.3 is 20.3 Å². The van der Waals surface area contributed by atoms with Crippen molar-refractivity contribution in [1.29, 1.82) is 0 Å². The average molecular weight is 386 g/mol. The Kier molecular flexibility index (Phi) is 8.22. The first-order valence-electron chi connectivity index (χ1n) is 9.43. The van der Waals surface area contributed by atoms with Crippen molar-refractivity contribution in [2.75, 3.05) is 44.8 Å². The second-order valence-electron chi connectivity index (χ2n) is 6.50. The molecule has 0 amide bonds. The zero-order chi connectivity index (χ0) is 19.7. The van der Waals surface area contributed by atoms with Gasteiger partial charge in [-0.15, -0.1) is 0 Å². The third-order valence-electron chi connectivity index (χ3n) is 4.52. The number of unbranched alkanes of at least 4 members (excludes halogenated alkanes) is 2. The van der Waals surface area contributed by atoms with Gasteiger partial charge in [0, 0.05) is 38.9 Å². The molecule has 1 aromatic rings.